The van der Waals surface area contributed by atoms with Crippen molar-refractivity contribution in [1.29, 1.82) is 0 Å². The number of hydroxylamine groups is 2. The number of hydrogen-bond acceptors (Lipinski definition) is 5. The van der Waals surface area contributed by atoms with Crippen molar-refractivity contribution >= 4 is 21.9 Å². The maximum atomic E-state index is 12.2. The third-order valence-electron chi connectivity index (χ3n) is 3.83. The van der Waals surface area contributed by atoms with Gasteiger partial charge >= 0.3 is 15.9 Å². The van der Waals surface area contributed by atoms with Crippen molar-refractivity contribution in [3.05, 3.63) is 12.2 Å². The molecule has 0 aromatic rings. The lowest BCUT2D eigenvalue weighted by atomic mass is 9.85. The number of hydrogen-bond donors (Lipinski definition) is 0. The van der Waals surface area contributed by atoms with Crippen molar-refractivity contribution in [2.75, 3.05) is 0 Å². The van der Waals surface area contributed by atoms with E-state index in [1.807, 2.05) is 0 Å². The van der Waals surface area contributed by atoms with Crippen molar-refractivity contribution in [1.82, 2.24) is 5.06 Å². The Morgan fingerprint density at radius 1 is 1.16 bits per heavy atom. The van der Waals surface area contributed by atoms with Gasteiger partial charge in [-0.25, -0.2) is 0 Å². The summed E-state index contributed by atoms with van der Waals surface area (Å²) in [5, 5.41) is -0.0109. The summed E-state index contributed by atoms with van der Waals surface area (Å²) in [6, 6.07) is 0. The van der Waals surface area contributed by atoms with E-state index in [0.29, 0.717) is 6.42 Å². The van der Waals surface area contributed by atoms with E-state index in [0.717, 1.165) is 0 Å². The van der Waals surface area contributed by atoms with Crippen molar-refractivity contribution in [2.24, 2.45) is 23.7 Å². The number of alkyl halides is 2. The fraction of sp³-hybridized carbons (Fsp3) is 0.600. The second-order valence-electron chi connectivity index (χ2n) is 4.80. The molecule has 19 heavy (non-hydrogen) atoms. The zero-order valence-electron chi connectivity index (χ0n) is 9.40. The van der Waals surface area contributed by atoms with Crippen LogP contribution in [0.1, 0.15) is 6.42 Å². The number of carbonyl (C=O) groups excluding carboxylic acids is 2. The lowest BCUT2D eigenvalue weighted by molar-refractivity contribution is -0.167. The Bertz CT molecular complexity index is 557. The minimum Gasteiger partial charge on any atom is -0.272 e. The average molecular weight is 293 g/mol. The van der Waals surface area contributed by atoms with Crippen LogP contribution in [-0.4, -0.2) is 31.1 Å². The van der Waals surface area contributed by atoms with E-state index in [9.17, 15) is 26.8 Å². The van der Waals surface area contributed by atoms with Crippen LogP contribution in [0, 0.1) is 23.7 Å². The number of fused-ring (bicyclic) bond motifs is 5. The van der Waals surface area contributed by atoms with E-state index in [1.165, 1.54) is 0 Å². The summed E-state index contributed by atoms with van der Waals surface area (Å²) in [5.74, 6) is -7.16. The number of halogens is 2. The van der Waals surface area contributed by atoms with E-state index in [2.05, 4.69) is 4.28 Å². The van der Waals surface area contributed by atoms with Gasteiger partial charge in [0, 0.05) is 0 Å². The molecule has 3 aliphatic rings. The summed E-state index contributed by atoms with van der Waals surface area (Å²) in [6.45, 7) is 0. The molecule has 2 fully saturated rings. The monoisotopic (exact) mass is 293 g/mol. The standard InChI is InChI=1S/C10H9F2NO5S/c11-10(12)19(16,17)18-13-8(14)6-4-1-2-5(3-4)7(6)9(13)15/h1-2,4-7,10H,3H2. The van der Waals surface area contributed by atoms with E-state index in [1.54, 1.807) is 12.2 Å². The van der Waals surface area contributed by atoms with Crippen LogP contribution in [0.15, 0.2) is 12.2 Å². The smallest absolute Gasteiger partial charge is 0.272 e. The summed E-state index contributed by atoms with van der Waals surface area (Å²) < 4.78 is 50.3. The Morgan fingerprint density at radius 2 is 1.63 bits per heavy atom. The molecular formula is C10H9F2NO5S. The van der Waals surface area contributed by atoms with Crippen molar-refractivity contribution in [3.63, 3.8) is 0 Å². The molecule has 2 amide bonds. The number of nitrogens with zero attached hydrogens (tertiary/aromatic N) is 1. The summed E-state index contributed by atoms with van der Waals surface area (Å²) in [7, 11) is -5.26. The second-order valence-corrected chi connectivity index (χ2v) is 6.29. The topological polar surface area (TPSA) is 80.8 Å². The van der Waals surface area contributed by atoms with Crippen LogP contribution < -0.4 is 0 Å². The first-order valence-electron chi connectivity index (χ1n) is 5.60. The normalized spacial score (nSPS) is 36.7. The van der Waals surface area contributed by atoms with Crippen molar-refractivity contribution in [3.8, 4) is 0 Å². The van der Waals surface area contributed by atoms with Gasteiger partial charge in [0.05, 0.1) is 11.8 Å². The predicted octanol–water partition coefficient (Wildman–Crippen LogP) is 0.278. The molecule has 0 aromatic heterocycles. The fourth-order valence-electron chi connectivity index (χ4n) is 3.08. The summed E-state index contributed by atoms with van der Waals surface area (Å²) in [5.41, 5.74) is 0. The van der Waals surface area contributed by atoms with Crippen LogP contribution in [0.2, 0.25) is 0 Å². The molecule has 2 aliphatic carbocycles. The van der Waals surface area contributed by atoms with Gasteiger partial charge in [0.2, 0.25) is 0 Å². The third-order valence-corrected chi connectivity index (χ3v) is 4.62. The molecule has 9 heteroatoms. The Hall–Kier alpha value is -1.35. The zero-order chi connectivity index (χ0) is 13.9. The molecular weight excluding hydrogens is 284 g/mol. The lowest BCUT2D eigenvalue weighted by Gasteiger charge is -2.15. The number of imide groups is 1. The number of carbonyl (C=O) groups is 2. The van der Waals surface area contributed by atoms with Gasteiger partial charge in [0.15, 0.2) is 0 Å². The van der Waals surface area contributed by atoms with E-state index in [4.69, 9.17) is 0 Å². The highest BCUT2D eigenvalue weighted by molar-refractivity contribution is 7.87. The molecule has 104 valence electrons. The number of allylic oxidation sites excluding steroid dienone is 2. The Morgan fingerprint density at radius 3 is 2.05 bits per heavy atom. The quantitative estimate of drug-likeness (QED) is 0.551. The zero-order valence-corrected chi connectivity index (χ0v) is 10.2. The van der Waals surface area contributed by atoms with Crippen LogP contribution in [0.4, 0.5) is 8.78 Å². The molecule has 1 saturated carbocycles. The first-order chi connectivity index (χ1) is 8.83. The molecule has 4 atom stereocenters. The van der Waals surface area contributed by atoms with Gasteiger partial charge in [-0.1, -0.05) is 12.2 Å². The summed E-state index contributed by atoms with van der Waals surface area (Å²) in [4.78, 5) is 23.8. The maximum Gasteiger partial charge on any atom is 0.363 e. The predicted molar refractivity (Wildman–Crippen MR) is 55.6 cm³/mol. The lowest BCUT2D eigenvalue weighted by Crippen LogP contribution is -2.36. The van der Waals surface area contributed by atoms with Crippen LogP contribution in [0.3, 0.4) is 0 Å². The van der Waals surface area contributed by atoms with Gasteiger partial charge in [-0.2, -0.15) is 17.2 Å². The highest BCUT2D eigenvalue weighted by Gasteiger charge is 2.61. The number of rotatable bonds is 3. The van der Waals surface area contributed by atoms with Gasteiger partial charge in [0.25, 0.3) is 11.8 Å². The first-order valence-corrected chi connectivity index (χ1v) is 7.08. The van der Waals surface area contributed by atoms with Gasteiger partial charge in [-0.3, -0.25) is 9.59 Å². The third kappa shape index (κ3) is 1.64. The first kappa shape index (κ1) is 12.7. The van der Waals surface area contributed by atoms with E-state index < -0.39 is 39.5 Å². The van der Waals surface area contributed by atoms with Gasteiger partial charge in [-0.05, 0) is 18.3 Å². The largest absolute Gasteiger partial charge is 0.363 e. The van der Waals surface area contributed by atoms with Gasteiger partial charge in [-0.15, -0.1) is 9.35 Å². The van der Waals surface area contributed by atoms with Crippen molar-refractivity contribution in [2.45, 2.75) is 12.2 Å². The van der Waals surface area contributed by atoms with Gasteiger partial charge in [0.1, 0.15) is 0 Å². The van der Waals surface area contributed by atoms with Crippen LogP contribution in [0.25, 0.3) is 0 Å². The molecule has 0 spiro atoms. The minimum absolute atomic E-state index is 0.0109. The van der Waals surface area contributed by atoms with Crippen LogP contribution in [-0.2, 0) is 24.0 Å². The molecule has 2 bridgehead atoms. The highest BCUT2D eigenvalue weighted by atomic mass is 32.2. The Labute approximate surface area is 107 Å². The van der Waals surface area contributed by atoms with Crippen LogP contribution in [0.5, 0.6) is 0 Å². The molecule has 1 heterocycles. The van der Waals surface area contributed by atoms with E-state index in [-0.39, 0.29) is 16.9 Å². The molecule has 0 aromatic carbocycles. The Balaban J connectivity index is 1.87. The molecule has 0 N–H and O–H groups in total. The molecule has 6 nitrogen and oxygen atoms in total. The van der Waals surface area contributed by atoms with Crippen LogP contribution >= 0.6 is 0 Å². The number of amides is 2. The Kier molecular flexibility index (Phi) is 2.55. The fourth-order valence-corrected chi connectivity index (χ4v) is 3.50. The molecule has 4 unspecified atom stereocenters. The average Bonchev–Trinajstić information content (AvgIpc) is 2.98. The SMILES string of the molecule is O=C1C2C3C=CC(C3)C2C(=O)N1OS(=O)(=O)C(F)F. The van der Waals surface area contributed by atoms with Crippen molar-refractivity contribution < 1.29 is 31.1 Å². The van der Waals surface area contributed by atoms with Gasteiger partial charge < -0.3 is 0 Å². The molecule has 0 radical (unpaired) electrons. The molecule has 1 aliphatic heterocycles. The second kappa shape index (κ2) is 3.83. The molecule has 1 saturated heterocycles. The highest BCUT2D eigenvalue weighted by Crippen LogP contribution is 2.52. The van der Waals surface area contributed by atoms with E-state index >= 15 is 0 Å². The maximum absolute atomic E-state index is 12.2. The molecule has 3 rings (SSSR count). The summed E-state index contributed by atoms with van der Waals surface area (Å²) >= 11 is 0. The summed E-state index contributed by atoms with van der Waals surface area (Å²) in [6.07, 6.45) is 4.24. The minimum atomic E-state index is -5.26.